The lowest BCUT2D eigenvalue weighted by Crippen LogP contribution is -2.22. The maximum Gasteiger partial charge on any atom is 0.290 e. The van der Waals surface area contributed by atoms with Gasteiger partial charge in [-0.2, -0.15) is 5.10 Å². The number of carbonyl (C=O) groups excluding carboxylic acids is 3. The number of nitrogens with one attached hydrogen (secondary N) is 3. The highest BCUT2D eigenvalue weighted by Gasteiger charge is 2.25. The lowest BCUT2D eigenvalue weighted by atomic mass is 10.4. The van der Waals surface area contributed by atoms with Crippen molar-refractivity contribution in [2.24, 2.45) is 0 Å². The zero-order valence-electron chi connectivity index (χ0n) is 8.09. The van der Waals surface area contributed by atoms with Crippen molar-refractivity contribution in [1.82, 2.24) is 20.2 Å². The van der Waals surface area contributed by atoms with Crippen molar-refractivity contribution in [3.63, 3.8) is 0 Å². The summed E-state index contributed by atoms with van der Waals surface area (Å²) in [5.74, 6) is -1.18. The summed E-state index contributed by atoms with van der Waals surface area (Å²) in [7, 11) is 0. The van der Waals surface area contributed by atoms with E-state index in [9.17, 15) is 14.4 Å². The molecule has 0 saturated carbocycles. The quantitative estimate of drug-likeness (QED) is 0.511. The summed E-state index contributed by atoms with van der Waals surface area (Å²) >= 11 is 5.46. The number of H-pyrrole nitrogens is 1. The molecule has 1 aromatic heterocycles. The van der Waals surface area contributed by atoms with Gasteiger partial charge in [0.1, 0.15) is 6.33 Å². The fourth-order valence-corrected chi connectivity index (χ4v) is 1.82. The third-order valence-electron chi connectivity index (χ3n) is 1.69. The largest absolute Gasteiger partial charge is 0.290 e. The Labute approximate surface area is 103 Å². The minimum atomic E-state index is -0.592. The van der Waals surface area contributed by atoms with Crippen molar-refractivity contribution in [3.05, 3.63) is 22.1 Å². The molecule has 2 heterocycles. The smallest absolute Gasteiger partial charge is 0.282 e. The topological polar surface area (TPSA) is 109 Å². The van der Waals surface area contributed by atoms with Crippen LogP contribution in [0.3, 0.4) is 0 Å². The average Bonchev–Trinajstić information content (AvgIpc) is 2.75. The van der Waals surface area contributed by atoms with E-state index < -0.39 is 17.1 Å². The van der Waals surface area contributed by atoms with Gasteiger partial charge in [-0.15, -0.1) is 0 Å². The summed E-state index contributed by atoms with van der Waals surface area (Å²) in [5.41, 5.74) is 2.35. The molecule has 1 aliphatic heterocycles. The lowest BCUT2D eigenvalue weighted by Gasteiger charge is -2.00. The molecular weight excluding hydrogens is 266 g/mol. The van der Waals surface area contributed by atoms with Crippen molar-refractivity contribution in [2.75, 3.05) is 5.43 Å². The van der Waals surface area contributed by atoms with Crippen LogP contribution in [-0.4, -0.2) is 31.9 Å². The third kappa shape index (κ3) is 2.60. The fourth-order valence-electron chi connectivity index (χ4n) is 1.02. The van der Waals surface area contributed by atoms with Crippen LogP contribution < -0.4 is 10.7 Å². The molecule has 3 N–H and O–H groups in total. The van der Waals surface area contributed by atoms with Crippen LogP contribution in [0.25, 0.3) is 0 Å². The molecule has 88 valence electrons. The number of imide groups is 1. The van der Waals surface area contributed by atoms with Crippen molar-refractivity contribution >= 4 is 41.0 Å². The van der Waals surface area contributed by atoms with Crippen LogP contribution in [0.15, 0.2) is 17.3 Å². The first-order valence-corrected chi connectivity index (χ1v) is 5.46. The number of amides is 3. The SMILES string of the molecule is O=C(C=C1SC(=O)NC1=O)Nn1cn[nH]c1=S. The van der Waals surface area contributed by atoms with Crippen LogP contribution in [0.4, 0.5) is 4.79 Å². The first-order chi connectivity index (χ1) is 8.06. The van der Waals surface area contributed by atoms with Crippen molar-refractivity contribution < 1.29 is 14.4 Å². The van der Waals surface area contributed by atoms with E-state index in [1.165, 1.54) is 11.0 Å². The van der Waals surface area contributed by atoms with Crippen LogP contribution in [0, 0.1) is 4.77 Å². The molecule has 8 nitrogen and oxygen atoms in total. The van der Waals surface area contributed by atoms with Gasteiger partial charge in [0.2, 0.25) is 4.77 Å². The highest BCUT2D eigenvalue weighted by molar-refractivity contribution is 8.18. The molecule has 10 heteroatoms. The van der Waals surface area contributed by atoms with Gasteiger partial charge in [-0.3, -0.25) is 30.2 Å². The van der Waals surface area contributed by atoms with E-state index in [-0.39, 0.29) is 9.68 Å². The molecule has 0 spiro atoms. The van der Waals surface area contributed by atoms with E-state index in [1.54, 1.807) is 0 Å². The van der Waals surface area contributed by atoms with Gasteiger partial charge in [0.05, 0.1) is 4.91 Å². The first kappa shape index (κ1) is 11.5. The molecule has 1 saturated heterocycles. The first-order valence-electron chi connectivity index (χ1n) is 4.24. The summed E-state index contributed by atoms with van der Waals surface area (Å²) in [6.07, 6.45) is 2.28. The highest BCUT2D eigenvalue weighted by atomic mass is 32.2. The lowest BCUT2D eigenvalue weighted by molar-refractivity contribution is -0.116. The van der Waals surface area contributed by atoms with E-state index in [4.69, 9.17) is 12.2 Å². The zero-order valence-corrected chi connectivity index (χ0v) is 9.72. The Morgan fingerprint density at radius 1 is 1.59 bits per heavy atom. The predicted molar refractivity (Wildman–Crippen MR) is 61.0 cm³/mol. The van der Waals surface area contributed by atoms with Crippen LogP contribution in [-0.2, 0) is 9.59 Å². The second kappa shape index (κ2) is 4.51. The summed E-state index contributed by atoms with van der Waals surface area (Å²) < 4.78 is 1.38. The molecule has 0 unspecified atom stereocenters. The molecule has 0 aliphatic carbocycles. The Morgan fingerprint density at radius 2 is 2.35 bits per heavy atom. The molecule has 0 atom stereocenters. The van der Waals surface area contributed by atoms with E-state index in [0.29, 0.717) is 11.8 Å². The molecule has 1 fully saturated rings. The van der Waals surface area contributed by atoms with Gasteiger partial charge >= 0.3 is 0 Å². The minimum Gasteiger partial charge on any atom is -0.282 e. The molecular formula is C7H5N5O3S2. The number of hydrogen-bond acceptors (Lipinski definition) is 6. The molecule has 0 aromatic carbocycles. The van der Waals surface area contributed by atoms with Gasteiger partial charge in [0.15, 0.2) is 0 Å². The molecule has 17 heavy (non-hydrogen) atoms. The van der Waals surface area contributed by atoms with E-state index in [0.717, 1.165) is 6.08 Å². The monoisotopic (exact) mass is 271 g/mol. The van der Waals surface area contributed by atoms with Crippen LogP contribution in [0.1, 0.15) is 0 Å². The number of aromatic amines is 1. The molecule has 0 radical (unpaired) electrons. The number of hydrogen-bond donors (Lipinski definition) is 3. The van der Waals surface area contributed by atoms with Crippen LogP contribution >= 0.6 is 24.0 Å². The van der Waals surface area contributed by atoms with Gasteiger partial charge < -0.3 is 0 Å². The second-order valence-electron chi connectivity index (χ2n) is 2.86. The molecule has 2 rings (SSSR count). The maximum absolute atomic E-state index is 11.5. The maximum atomic E-state index is 11.5. The predicted octanol–water partition coefficient (Wildman–Crippen LogP) is -0.122. The summed E-state index contributed by atoms with van der Waals surface area (Å²) in [6, 6.07) is 0. The summed E-state index contributed by atoms with van der Waals surface area (Å²) in [6.45, 7) is 0. The Balaban J connectivity index is 2.10. The summed E-state index contributed by atoms with van der Waals surface area (Å²) in [4.78, 5) is 33.5. The highest BCUT2D eigenvalue weighted by Crippen LogP contribution is 2.22. The Hall–Kier alpha value is -1.94. The van der Waals surface area contributed by atoms with Crippen molar-refractivity contribution in [1.29, 1.82) is 0 Å². The van der Waals surface area contributed by atoms with Gasteiger partial charge in [-0.25, -0.2) is 4.68 Å². The normalized spacial score (nSPS) is 17.3. The number of nitrogens with zero attached hydrogens (tertiary/aromatic N) is 2. The zero-order chi connectivity index (χ0) is 12.4. The van der Waals surface area contributed by atoms with Gasteiger partial charge in [0, 0.05) is 6.08 Å². The van der Waals surface area contributed by atoms with E-state index in [2.05, 4.69) is 15.6 Å². The standard InChI is InChI=1S/C7H5N5O3S2/c13-4(11-12-2-8-10-6(12)16)1-3-5(14)9-7(15)17-3/h1-2H,(H,10,16)(H,11,13)(H,9,14,15). The fraction of sp³-hybridized carbons (Fsp3) is 0. The number of carbonyl (C=O) groups is 3. The van der Waals surface area contributed by atoms with Gasteiger partial charge in [-0.05, 0) is 24.0 Å². The Bertz CT molecular complexity index is 586. The number of thioether (sulfide) groups is 1. The van der Waals surface area contributed by atoms with Crippen molar-refractivity contribution in [2.45, 2.75) is 0 Å². The molecule has 1 aliphatic rings. The minimum absolute atomic E-state index is 0.0301. The summed E-state index contributed by atoms with van der Waals surface area (Å²) in [5, 5.41) is 7.56. The van der Waals surface area contributed by atoms with E-state index in [1.807, 2.05) is 5.32 Å². The van der Waals surface area contributed by atoms with Crippen molar-refractivity contribution in [3.8, 4) is 0 Å². The number of rotatable bonds is 2. The average molecular weight is 271 g/mol. The van der Waals surface area contributed by atoms with Crippen LogP contribution in [0.2, 0.25) is 0 Å². The molecule has 1 aromatic rings. The van der Waals surface area contributed by atoms with E-state index >= 15 is 0 Å². The number of aromatic nitrogens is 3. The third-order valence-corrected chi connectivity index (χ3v) is 2.79. The van der Waals surface area contributed by atoms with Gasteiger partial charge in [0.25, 0.3) is 17.1 Å². The van der Waals surface area contributed by atoms with Crippen LogP contribution in [0.5, 0.6) is 0 Å². The Kier molecular flexibility index (Phi) is 3.06. The van der Waals surface area contributed by atoms with Gasteiger partial charge in [-0.1, -0.05) is 0 Å². The Morgan fingerprint density at radius 3 is 2.88 bits per heavy atom. The second-order valence-corrected chi connectivity index (χ2v) is 4.26. The molecule has 3 amide bonds. The molecule has 0 bridgehead atoms.